The molecule has 2 aliphatic heterocycles. The van der Waals surface area contributed by atoms with E-state index in [1.165, 1.54) is 31.3 Å². The van der Waals surface area contributed by atoms with Crippen LogP contribution in [-0.2, 0) is 20.9 Å². The van der Waals surface area contributed by atoms with Gasteiger partial charge in [0.1, 0.15) is 25.1 Å². The second kappa shape index (κ2) is 11.5. The van der Waals surface area contributed by atoms with Crippen LogP contribution in [0.25, 0.3) is 0 Å². The van der Waals surface area contributed by atoms with Crippen LogP contribution in [0, 0.1) is 0 Å². The van der Waals surface area contributed by atoms with Crippen molar-refractivity contribution < 1.29 is 48.3 Å². The van der Waals surface area contributed by atoms with E-state index in [0.717, 1.165) is 0 Å². The first kappa shape index (κ1) is 27.4. The van der Waals surface area contributed by atoms with Crippen LogP contribution in [-0.4, -0.2) is 92.2 Å². The first-order valence-corrected chi connectivity index (χ1v) is 12.7. The highest BCUT2D eigenvalue weighted by atomic mass is 16.7. The van der Waals surface area contributed by atoms with E-state index in [1.807, 2.05) is 0 Å². The highest BCUT2D eigenvalue weighted by Crippen LogP contribution is 2.51. The van der Waals surface area contributed by atoms with Crippen LogP contribution in [0.3, 0.4) is 0 Å². The summed E-state index contributed by atoms with van der Waals surface area (Å²) in [6.45, 7) is -0.393. The number of ether oxygens (including phenoxy) is 5. The minimum Gasteiger partial charge on any atom is -0.493 e. The highest BCUT2D eigenvalue weighted by molar-refractivity contribution is 5.96. The quantitative estimate of drug-likeness (QED) is 0.355. The van der Waals surface area contributed by atoms with Gasteiger partial charge in [0.25, 0.3) is 0 Å². The lowest BCUT2D eigenvalue weighted by atomic mass is 9.77. The van der Waals surface area contributed by atoms with Crippen LogP contribution in [0.2, 0.25) is 0 Å². The monoisotopic (exact) mass is 554 g/mol. The fraction of sp³-hybridized carbons (Fsp3) is 0.393. The van der Waals surface area contributed by atoms with Crippen LogP contribution in [0.15, 0.2) is 42.0 Å². The molecule has 0 saturated heterocycles. The van der Waals surface area contributed by atoms with Crippen molar-refractivity contribution in [2.24, 2.45) is 0 Å². The summed E-state index contributed by atoms with van der Waals surface area (Å²) in [5.74, 6) is 0.00424. The average molecular weight is 555 g/mol. The molecule has 2 heterocycles. The van der Waals surface area contributed by atoms with E-state index in [2.05, 4.69) is 5.32 Å². The minimum atomic E-state index is -1.27. The Bertz CT molecular complexity index is 1340. The smallest absolute Gasteiger partial charge is 0.249 e. The molecule has 0 saturated carbocycles. The number of carbonyl (C=O) groups excluding carboxylic acids is 3. The Morgan fingerprint density at radius 1 is 1.18 bits per heavy atom. The Kier molecular flexibility index (Phi) is 7.92. The van der Waals surface area contributed by atoms with Crippen LogP contribution >= 0.6 is 0 Å². The second-order valence-electron chi connectivity index (χ2n) is 9.54. The Morgan fingerprint density at radius 2 is 1.98 bits per heavy atom. The standard InChI is InChI=1S/C28H30N2O10/c1-36-13-23(33)30(11-15-3-4-20-21(8-15)39-14-38-20)19-10-18(28(35)29-5-6-31)24-17-7-16(12-32)9-22(37-2)26(17)40-27(24)25(19)34/h3-4,7-10,12,19,24-25,27,31,34H,5-6,11,13-14H2,1-2H3,(H,29,35). The maximum Gasteiger partial charge on any atom is 0.249 e. The third-order valence-electron chi connectivity index (χ3n) is 7.15. The fourth-order valence-electron chi connectivity index (χ4n) is 5.36. The summed E-state index contributed by atoms with van der Waals surface area (Å²) >= 11 is 0. The molecule has 0 spiro atoms. The molecule has 5 rings (SSSR count). The van der Waals surface area contributed by atoms with Crippen LogP contribution < -0.4 is 24.3 Å². The van der Waals surface area contributed by atoms with E-state index in [9.17, 15) is 24.6 Å². The zero-order valence-electron chi connectivity index (χ0n) is 22.0. The van der Waals surface area contributed by atoms with Crippen LogP contribution in [0.4, 0.5) is 0 Å². The third-order valence-corrected chi connectivity index (χ3v) is 7.15. The molecule has 1 aliphatic carbocycles. The van der Waals surface area contributed by atoms with E-state index in [0.29, 0.717) is 40.2 Å². The van der Waals surface area contributed by atoms with Crippen LogP contribution in [0.5, 0.6) is 23.0 Å². The van der Waals surface area contributed by atoms with Gasteiger partial charge in [0.15, 0.2) is 23.0 Å². The molecule has 12 heteroatoms. The molecule has 212 valence electrons. The molecule has 3 N–H and O–H groups in total. The number of carbonyl (C=O) groups is 3. The highest BCUT2D eigenvalue weighted by Gasteiger charge is 2.51. The number of methoxy groups -OCH3 is 2. The molecule has 2 amide bonds. The van der Waals surface area contributed by atoms with Gasteiger partial charge in [0.2, 0.25) is 18.6 Å². The molecular formula is C28H30N2O10. The SMILES string of the molecule is COCC(=O)N(Cc1ccc2c(c1)OCO2)C1C=C(C(=O)NCCO)C2c3cc(C=O)cc(OC)c3OC2C1O. The largest absolute Gasteiger partial charge is 0.493 e. The lowest BCUT2D eigenvalue weighted by Crippen LogP contribution is -2.56. The van der Waals surface area contributed by atoms with Gasteiger partial charge in [0, 0.05) is 36.9 Å². The number of hydrogen-bond donors (Lipinski definition) is 3. The number of hydrogen-bond acceptors (Lipinski definition) is 10. The minimum absolute atomic E-state index is 0.00426. The number of nitrogens with zero attached hydrogens (tertiary/aromatic N) is 1. The number of amides is 2. The van der Waals surface area contributed by atoms with Gasteiger partial charge < -0.3 is 44.1 Å². The number of aliphatic hydroxyl groups excluding tert-OH is 2. The summed E-state index contributed by atoms with van der Waals surface area (Å²) in [6.07, 6.45) is -0.0575. The molecule has 4 unspecified atom stereocenters. The molecule has 12 nitrogen and oxygen atoms in total. The predicted molar refractivity (Wildman–Crippen MR) is 139 cm³/mol. The number of fused-ring (bicyclic) bond motifs is 4. The van der Waals surface area contributed by atoms with E-state index in [-0.39, 0.29) is 44.4 Å². The number of benzene rings is 2. The molecule has 3 aliphatic rings. The van der Waals surface area contributed by atoms with Crippen molar-refractivity contribution in [2.75, 3.05) is 40.8 Å². The molecule has 4 atom stereocenters. The summed E-state index contributed by atoms with van der Waals surface area (Å²) in [4.78, 5) is 39.8. The number of rotatable bonds is 10. The van der Waals surface area contributed by atoms with Crippen molar-refractivity contribution in [1.29, 1.82) is 0 Å². The lowest BCUT2D eigenvalue weighted by molar-refractivity contribution is -0.141. The molecule has 0 bridgehead atoms. The molecule has 2 aromatic rings. The summed E-state index contributed by atoms with van der Waals surface area (Å²) in [6, 6.07) is 7.38. The number of nitrogens with one attached hydrogen (secondary N) is 1. The van der Waals surface area contributed by atoms with E-state index >= 15 is 0 Å². The zero-order chi connectivity index (χ0) is 28.4. The van der Waals surface area contributed by atoms with E-state index in [4.69, 9.17) is 23.7 Å². The summed E-state index contributed by atoms with van der Waals surface area (Å²) < 4.78 is 27.6. The van der Waals surface area contributed by atoms with Crippen molar-refractivity contribution >= 4 is 18.1 Å². The molecule has 0 radical (unpaired) electrons. The molecule has 0 aromatic heterocycles. The van der Waals surface area contributed by atoms with Gasteiger partial charge in [-0.25, -0.2) is 0 Å². The maximum absolute atomic E-state index is 13.4. The maximum atomic E-state index is 13.4. The van der Waals surface area contributed by atoms with Crippen molar-refractivity contribution in [1.82, 2.24) is 10.2 Å². The van der Waals surface area contributed by atoms with Gasteiger partial charge in [-0.3, -0.25) is 14.4 Å². The van der Waals surface area contributed by atoms with Crippen molar-refractivity contribution in [3.05, 3.63) is 58.7 Å². The zero-order valence-corrected chi connectivity index (χ0v) is 22.0. The van der Waals surface area contributed by atoms with Crippen molar-refractivity contribution in [3.8, 4) is 23.0 Å². The fourth-order valence-corrected chi connectivity index (χ4v) is 5.36. The lowest BCUT2D eigenvalue weighted by Gasteiger charge is -2.40. The van der Waals surface area contributed by atoms with Gasteiger partial charge >= 0.3 is 0 Å². The van der Waals surface area contributed by atoms with Crippen molar-refractivity contribution in [3.63, 3.8) is 0 Å². The average Bonchev–Trinajstić information content (AvgIpc) is 3.59. The first-order chi connectivity index (χ1) is 19.4. The normalized spacial score (nSPS) is 21.9. The van der Waals surface area contributed by atoms with Crippen LogP contribution in [0.1, 0.15) is 27.4 Å². The van der Waals surface area contributed by atoms with Gasteiger partial charge in [-0.2, -0.15) is 0 Å². The van der Waals surface area contributed by atoms with Crippen molar-refractivity contribution in [2.45, 2.75) is 30.7 Å². The topological polar surface area (TPSA) is 153 Å². The summed E-state index contributed by atoms with van der Waals surface area (Å²) in [5.41, 5.74) is 1.74. The molecule has 40 heavy (non-hydrogen) atoms. The summed E-state index contributed by atoms with van der Waals surface area (Å²) in [5, 5.41) is 23.6. The Labute approximate surface area is 230 Å². The summed E-state index contributed by atoms with van der Waals surface area (Å²) in [7, 11) is 2.82. The Balaban J connectivity index is 1.58. The predicted octanol–water partition coefficient (Wildman–Crippen LogP) is 0.534. The Hall–Kier alpha value is -4.13. The molecule has 2 aromatic carbocycles. The second-order valence-corrected chi connectivity index (χ2v) is 9.54. The first-order valence-electron chi connectivity index (χ1n) is 12.7. The number of aliphatic hydroxyl groups is 2. The molecule has 0 fully saturated rings. The van der Waals surface area contributed by atoms with E-state index in [1.54, 1.807) is 24.3 Å². The Morgan fingerprint density at radius 3 is 2.70 bits per heavy atom. The van der Waals surface area contributed by atoms with Gasteiger partial charge in [-0.05, 0) is 35.9 Å². The van der Waals surface area contributed by atoms with Gasteiger partial charge in [-0.15, -0.1) is 0 Å². The van der Waals surface area contributed by atoms with Gasteiger partial charge in [0.05, 0.1) is 25.7 Å². The third kappa shape index (κ3) is 4.96. The molecular weight excluding hydrogens is 524 g/mol. The number of aldehydes is 1. The van der Waals surface area contributed by atoms with E-state index < -0.39 is 36.0 Å². The van der Waals surface area contributed by atoms with Gasteiger partial charge in [-0.1, -0.05) is 6.07 Å².